The summed E-state index contributed by atoms with van der Waals surface area (Å²) in [5.41, 5.74) is 5.32. The molecule has 0 atom stereocenters. The molecule has 0 saturated carbocycles. The number of halogens is 3. The average molecular weight is 213 g/mol. The first-order valence-electron chi connectivity index (χ1n) is 3.46. The van der Waals surface area contributed by atoms with Crippen LogP contribution in [0.15, 0.2) is 18.2 Å². The van der Waals surface area contributed by atoms with Crippen LogP contribution in [0.2, 0.25) is 0 Å². The van der Waals surface area contributed by atoms with Gasteiger partial charge < -0.3 is 18.7 Å². The number of hydrogen-bond donors (Lipinski definition) is 1. The van der Waals surface area contributed by atoms with Crippen LogP contribution in [-0.2, 0) is 0 Å². The number of nitrogens with two attached hydrogens (primary N) is 1. The predicted molar refractivity (Wildman–Crippen MR) is 44.3 cm³/mol. The van der Waals surface area contributed by atoms with Gasteiger partial charge in [0.2, 0.25) is 0 Å². The number of aryl methyl sites for hydroxylation is 1. The van der Waals surface area contributed by atoms with Crippen molar-refractivity contribution in [1.82, 2.24) is 0 Å². The van der Waals surface area contributed by atoms with Crippen LogP contribution in [0.3, 0.4) is 0 Å². The molecule has 6 heteroatoms. The van der Waals surface area contributed by atoms with Gasteiger partial charge in [0.1, 0.15) is 0 Å². The summed E-state index contributed by atoms with van der Waals surface area (Å²) in [6, 6.07) is 3.55. The van der Waals surface area contributed by atoms with Gasteiger partial charge in [-0.15, -0.1) is 5.46 Å². The minimum atomic E-state index is -4.92. The van der Waals surface area contributed by atoms with Crippen molar-refractivity contribution in [3.63, 3.8) is 0 Å². The monoisotopic (exact) mass is 213 g/mol. The zero-order valence-electron chi connectivity index (χ0n) is 7.52. The Bertz CT molecular complexity index is 280. The van der Waals surface area contributed by atoms with Crippen molar-refractivity contribution in [2.24, 2.45) is 0 Å². The summed E-state index contributed by atoms with van der Waals surface area (Å²) in [7, 11) is 0. The fourth-order valence-electron chi connectivity index (χ4n) is 1.03. The Morgan fingerprint density at radius 2 is 1.69 bits per heavy atom. The molecule has 0 fully saturated rings. The molecule has 66 valence electrons. The van der Waals surface area contributed by atoms with Crippen molar-refractivity contribution in [2.75, 3.05) is 5.73 Å². The molecular weight excluding hydrogens is 205 g/mol. The van der Waals surface area contributed by atoms with E-state index in [4.69, 9.17) is 5.73 Å². The van der Waals surface area contributed by atoms with Crippen molar-refractivity contribution >= 4 is 18.1 Å². The van der Waals surface area contributed by atoms with Gasteiger partial charge in [0.25, 0.3) is 0 Å². The molecule has 0 bridgehead atoms. The Labute approximate surface area is 117 Å². The van der Waals surface area contributed by atoms with Crippen LogP contribution in [-0.4, -0.2) is 6.98 Å². The van der Waals surface area contributed by atoms with Gasteiger partial charge in [0.15, 0.2) is 0 Å². The maximum Gasteiger partial charge on any atom is 1.00 e. The van der Waals surface area contributed by atoms with E-state index in [2.05, 4.69) is 0 Å². The molecule has 0 aliphatic rings. The Morgan fingerprint density at radius 3 is 2.08 bits per heavy atom. The van der Waals surface area contributed by atoms with E-state index >= 15 is 0 Å². The third-order valence-electron chi connectivity index (χ3n) is 1.50. The summed E-state index contributed by atoms with van der Waals surface area (Å²) in [5.74, 6) is 0. The second-order valence-electron chi connectivity index (χ2n) is 2.75. The summed E-state index contributed by atoms with van der Waals surface area (Å²) < 4.78 is 36.5. The third-order valence-corrected chi connectivity index (χ3v) is 1.50. The van der Waals surface area contributed by atoms with Gasteiger partial charge in [-0.2, -0.15) is 0 Å². The molecule has 2 N–H and O–H groups in total. The molecular formula is C7H8BF3KN. The minimum Gasteiger partial charge on any atom is -0.445 e. The summed E-state index contributed by atoms with van der Waals surface area (Å²) in [5, 5.41) is 0. The molecule has 0 aliphatic heterocycles. The van der Waals surface area contributed by atoms with Crippen LogP contribution in [0.4, 0.5) is 18.6 Å². The Balaban J connectivity index is 0.00000144. The fraction of sp³-hybridized carbons (Fsp3) is 0.143. The van der Waals surface area contributed by atoms with E-state index in [0.717, 1.165) is 12.1 Å². The van der Waals surface area contributed by atoms with Crippen LogP contribution in [0.25, 0.3) is 0 Å². The topological polar surface area (TPSA) is 26.0 Å². The Morgan fingerprint density at radius 1 is 1.15 bits per heavy atom. The Hall–Kier alpha value is 0.511. The van der Waals surface area contributed by atoms with E-state index in [1.807, 2.05) is 0 Å². The smallest absolute Gasteiger partial charge is 0.445 e. The van der Waals surface area contributed by atoms with Gasteiger partial charge in [0.05, 0.1) is 0 Å². The molecule has 0 spiro atoms. The molecule has 0 amide bonds. The van der Waals surface area contributed by atoms with Crippen LogP contribution in [0, 0.1) is 6.92 Å². The van der Waals surface area contributed by atoms with Gasteiger partial charge in [-0.1, -0.05) is 17.7 Å². The zero-order valence-corrected chi connectivity index (χ0v) is 10.6. The molecule has 0 unspecified atom stereocenters. The third kappa shape index (κ3) is 4.03. The van der Waals surface area contributed by atoms with E-state index in [9.17, 15) is 12.9 Å². The molecule has 1 aromatic rings. The molecule has 0 radical (unpaired) electrons. The summed E-state index contributed by atoms with van der Waals surface area (Å²) >= 11 is 0. The van der Waals surface area contributed by atoms with E-state index < -0.39 is 12.4 Å². The summed E-state index contributed by atoms with van der Waals surface area (Å²) in [6.45, 7) is -3.34. The maximum atomic E-state index is 12.2. The van der Waals surface area contributed by atoms with Gasteiger partial charge in [0, 0.05) is 5.69 Å². The van der Waals surface area contributed by atoms with Gasteiger partial charge in [-0.25, -0.2) is 0 Å². The quantitative estimate of drug-likeness (QED) is 0.452. The number of rotatable bonds is 1. The first-order chi connectivity index (χ1) is 5.39. The molecule has 1 aromatic carbocycles. The van der Waals surface area contributed by atoms with E-state index in [-0.39, 0.29) is 57.1 Å². The van der Waals surface area contributed by atoms with Gasteiger partial charge in [-0.3, -0.25) is 0 Å². The van der Waals surface area contributed by atoms with Gasteiger partial charge in [-0.05, 0) is 13.0 Å². The van der Waals surface area contributed by atoms with E-state index in [1.54, 1.807) is 6.92 Å². The standard InChI is InChI=1S/C7H8BF3N.K/c1-5-2-6(8(9,10)11)4-7(12)3-5;/h2-4H,12H2,1H3;/q-1;+1. The van der Waals surface area contributed by atoms with Crippen molar-refractivity contribution in [2.45, 2.75) is 6.92 Å². The number of anilines is 1. The first-order valence-corrected chi connectivity index (χ1v) is 3.46. The molecule has 0 aliphatic carbocycles. The molecule has 0 heterocycles. The van der Waals surface area contributed by atoms with Crippen LogP contribution >= 0.6 is 0 Å². The second kappa shape index (κ2) is 4.84. The van der Waals surface area contributed by atoms with Crippen LogP contribution < -0.4 is 62.6 Å². The van der Waals surface area contributed by atoms with Crippen molar-refractivity contribution in [1.29, 1.82) is 0 Å². The van der Waals surface area contributed by atoms with Crippen molar-refractivity contribution in [3.05, 3.63) is 23.8 Å². The van der Waals surface area contributed by atoms with E-state index in [0.29, 0.717) is 5.56 Å². The fourth-order valence-corrected chi connectivity index (χ4v) is 1.03. The first kappa shape index (κ1) is 13.5. The number of nitrogen functional groups attached to an aromatic ring is 1. The second-order valence-corrected chi connectivity index (χ2v) is 2.75. The zero-order chi connectivity index (χ0) is 9.35. The van der Waals surface area contributed by atoms with Crippen molar-refractivity contribution < 1.29 is 64.3 Å². The number of benzene rings is 1. The molecule has 13 heavy (non-hydrogen) atoms. The largest absolute Gasteiger partial charge is 1.00 e. The average Bonchev–Trinajstić information content (AvgIpc) is 1.82. The van der Waals surface area contributed by atoms with Gasteiger partial charge >= 0.3 is 58.4 Å². The minimum absolute atomic E-state index is 0. The predicted octanol–water partition coefficient (Wildman–Crippen LogP) is -1.36. The molecule has 0 saturated heterocycles. The maximum absolute atomic E-state index is 12.2. The molecule has 1 nitrogen and oxygen atoms in total. The van der Waals surface area contributed by atoms with Crippen molar-refractivity contribution in [3.8, 4) is 0 Å². The summed E-state index contributed by atoms with van der Waals surface area (Å²) in [6.07, 6.45) is 0. The normalized spacial score (nSPS) is 10.8. The summed E-state index contributed by atoms with van der Waals surface area (Å²) in [4.78, 5) is 0. The number of hydrogen-bond acceptors (Lipinski definition) is 1. The molecule has 0 aromatic heterocycles. The SMILES string of the molecule is Cc1cc(N)cc([B-](F)(F)F)c1.[K+]. The van der Waals surface area contributed by atoms with E-state index in [1.165, 1.54) is 6.07 Å². The van der Waals surface area contributed by atoms with Crippen LogP contribution in [0.5, 0.6) is 0 Å². The molecule has 1 rings (SSSR count). The van der Waals surface area contributed by atoms with Crippen LogP contribution in [0.1, 0.15) is 5.56 Å². The Kier molecular flexibility index (Phi) is 5.03.